The third-order valence-electron chi connectivity index (χ3n) is 3.84. The molecule has 1 fully saturated rings. The Morgan fingerprint density at radius 1 is 1.41 bits per heavy atom. The van der Waals surface area contributed by atoms with Crippen LogP contribution < -0.4 is 5.32 Å². The highest BCUT2D eigenvalue weighted by atomic mass is 16.6. The van der Waals surface area contributed by atoms with E-state index in [2.05, 4.69) is 44.3 Å². The smallest absolute Gasteiger partial charge is 0.133 e. The molecule has 2 aliphatic rings. The second-order valence-corrected chi connectivity index (χ2v) is 5.27. The van der Waals surface area contributed by atoms with Gasteiger partial charge in [-0.15, -0.1) is 0 Å². The Kier molecular flexibility index (Phi) is 4.05. The second-order valence-electron chi connectivity index (χ2n) is 5.27. The van der Waals surface area contributed by atoms with Crippen molar-refractivity contribution in [3.63, 3.8) is 0 Å². The van der Waals surface area contributed by atoms with Crippen molar-refractivity contribution in [2.45, 2.75) is 64.2 Å². The van der Waals surface area contributed by atoms with Gasteiger partial charge in [-0.05, 0) is 38.0 Å². The van der Waals surface area contributed by atoms with E-state index in [0.29, 0.717) is 12.1 Å². The van der Waals surface area contributed by atoms with Gasteiger partial charge in [-0.1, -0.05) is 38.8 Å². The summed E-state index contributed by atoms with van der Waals surface area (Å²) in [6.07, 6.45) is 11.8. The van der Waals surface area contributed by atoms with Crippen LogP contribution in [0.5, 0.6) is 0 Å². The lowest BCUT2D eigenvalue weighted by molar-refractivity contribution is 0.264. The largest absolute Gasteiger partial charge is 0.355 e. The highest BCUT2D eigenvalue weighted by Gasteiger charge is 2.60. The van der Waals surface area contributed by atoms with E-state index in [-0.39, 0.29) is 5.60 Å². The number of allylic oxidation sites excluding steroid dienone is 2. The van der Waals surface area contributed by atoms with E-state index in [4.69, 9.17) is 4.74 Å². The highest BCUT2D eigenvalue weighted by molar-refractivity contribution is 5.39. The maximum Gasteiger partial charge on any atom is 0.133 e. The lowest BCUT2D eigenvalue weighted by atomic mass is 9.86. The molecule has 0 radical (unpaired) electrons. The van der Waals surface area contributed by atoms with Gasteiger partial charge in [0.25, 0.3) is 0 Å². The third-order valence-corrected chi connectivity index (χ3v) is 3.84. The lowest BCUT2D eigenvalue weighted by Crippen LogP contribution is -2.44. The van der Waals surface area contributed by atoms with Crippen molar-refractivity contribution in [2.75, 3.05) is 6.54 Å². The Bertz CT molecular complexity index is 313. The third kappa shape index (κ3) is 2.48. The van der Waals surface area contributed by atoms with Crippen LogP contribution in [0.4, 0.5) is 0 Å². The lowest BCUT2D eigenvalue weighted by Gasteiger charge is -2.25. The molecule has 2 heteroatoms. The maximum atomic E-state index is 6.02. The fourth-order valence-electron chi connectivity index (χ4n) is 2.78. The van der Waals surface area contributed by atoms with E-state index in [1.807, 2.05) is 0 Å². The van der Waals surface area contributed by atoms with Crippen LogP contribution >= 0.6 is 0 Å². The number of epoxide rings is 1. The van der Waals surface area contributed by atoms with Gasteiger partial charge in [0.2, 0.25) is 0 Å². The van der Waals surface area contributed by atoms with Gasteiger partial charge in [0, 0.05) is 6.04 Å². The highest BCUT2D eigenvalue weighted by Crippen LogP contribution is 2.48. The van der Waals surface area contributed by atoms with Crippen LogP contribution in [0.2, 0.25) is 0 Å². The van der Waals surface area contributed by atoms with Crippen molar-refractivity contribution >= 4 is 0 Å². The number of rotatable bonds is 7. The van der Waals surface area contributed by atoms with Crippen molar-refractivity contribution in [1.82, 2.24) is 5.32 Å². The molecular weight excluding hydrogens is 210 g/mol. The van der Waals surface area contributed by atoms with Crippen LogP contribution in [0, 0.1) is 0 Å². The van der Waals surface area contributed by atoms with Crippen LogP contribution in [0.15, 0.2) is 23.8 Å². The molecule has 17 heavy (non-hydrogen) atoms. The topological polar surface area (TPSA) is 24.6 Å². The van der Waals surface area contributed by atoms with Gasteiger partial charge in [0.15, 0.2) is 0 Å². The van der Waals surface area contributed by atoms with Gasteiger partial charge in [-0.25, -0.2) is 0 Å². The Morgan fingerprint density at radius 2 is 2.24 bits per heavy atom. The van der Waals surface area contributed by atoms with E-state index in [1.54, 1.807) is 0 Å². The number of unbranched alkanes of at least 4 members (excludes halogenated alkanes) is 1. The summed E-state index contributed by atoms with van der Waals surface area (Å²) in [5.74, 6) is 0. The molecule has 2 nitrogen and oxygen atoms in total. The maximum absolute atomic E-state index is 6.02. The van der Waals surface area contributed by atoms with Crippen molar-refractivity contribution in [1.29, 1.82) is 0 Å². The van der Waals surface area contributed by atoms with Crippen LogP contribution in [-0.4, -0.2) is 24.3 Å². The van der Waals surface area contributed by atoms with Crippen LogP contribution in [0.1, 0.15) is 46.5 Å². The average molecular weight is 235 g/mol. The van der Waals surface area contributed by atoms with E-state index in [0.717, 1.165) is 6.54 Å². The fourth-order valence-corrected chi connectivity index (χ4v) is 2.78. The van der Waals surface area contributed by atoms with Crippen LogP contribution in [0.3, 0.4) is 0 Å². The van der Waals surface area contributed by atoms with Gasteiger partial charge >= 0.3 is 0 Å². The molecule has 3 unspecified atom stereocenters. The molecule has 0 amide bonds. The van der Waals surface area contributed by atoms with Crippen LogP contribution in [-0.2, 0) is 4.74 Å². The summed E-state index contributed by atoms with van der Waals surface area (Å²) in [6.45, 7) is 7.73. The van der Waals surface area contributed by atoms with Crippen molar-refractivity contribution < 1.29 is 4.74 Å². The Balaban J connectivity index is 2.01. The predicted molar refractivity (Wildman–Crippen MR) is 72.1 cm³/mol. The van der Waals surface area contributed by atoms with Gasteiger partial charge in [0.05, 0.1) is 0 Å². The monoisotopic (exact) mass is 235 g/mol. The van der Waals surface area contributed by atoms with Crippen molar-refractivity contribution in [2.24, 2.45) is 0 Å². The molecule has 1 heterocycles. The summed E-state index contributed by atoms with van der Waals surface area (Å²) < 4.78 is 6.02. The first-order valence-electron chi connectivity index (χ1n) is 7.01. The standard InChI is InChI=1S/C15H25NO/c1-4-6-9-13(16-11-5-2)15-10-7-8-12(3)14(15)17-15/h7-8,10,13-14,16H,4-6,9,11H2,1-3H3. The molecule has 0 spiro atoms. The summed E-state index contributed by atoms with van der Waals surface area (Å²) in [5.41, 5.74) is 1.34. The van der Waals surface area contributed by atoms with E-state index in [9.17, 15) is 0 Å². The normalized spacial score (nSPS) is 31.9. The molecule has 1 saturated heterocycles. The number of fused-ring (bicyclic) bond motifs is 1. The van der Waals surface area contributed by atoms with Gasteiger partial charge in [-0.2, -0.15) is 0 Å². The molecule has 1 N–H and O–H groups in total. The molecule has 1 aliphatic carbocycles. The van der Waals surface area contributed by atoms with Gasteiger partial charge in [0.1, 0.15) is 11.7 Å². The Hall–Kier alpha value is -0.600. The average Bonchev–Trinajstić information content (AvgIpc) is 3.06. The zero-order valence-electron chi connectivity index (χ0n) is 11.3. The number of hydrogen-bond acceptors (Lipinski definition) is 2. The molecule has 96 valence electrons. The zero-order chi connectivity index (χ0) is 12.3. The molecule has 2 rings (SSSR count). The predicted octanol–water partition coefficient (Wildman–Crippen LogP) is 3.20. The zero-order valence-corrected chi connectivity index (χ0v) is 11.3. The summed E-state index contributed by atoms with van der Waals surface area (Å²) in [6, 6.07) is 0.479. The summed E-state index contributed by atoms with van der Waals surface area (Å²) in [5, 5.41) is 3.67. The molecule has 0 saturated carbocycles. The quantitative estimate of drug-likeness (QED) is 0.685. The van der Waals surface area contributed by atoms with Gasteiger partial charge < -0.3 is 10.1 Å². The first kappa shape index (κ1) is 12.8. The van der Waals surface area contributed by atoms with E-state index in [1.165, 1.54) is 31.3 Å². The molecule has 1 aliphatic heterocycles. The summed E-state index contributed by atoms with van der Waals surface area (Å²) >= 11 is 0. The minimum Gasteiger partial charge on any atom is -0.355 e. The molecule has 0 bridgehead atoms. The van der Waals surface area contributed by atoms with Gasteiger partial charge in [-0.3, -0.25) is 0 Å². The molecule has 0 aromatic carbocycles. The molecular formula is C15H25NO. The molecule has 0 aromatic rings. The van der Waals surface area contributed by atoms with Crippen molar-refractivity contribution in [3.05, 3.63) is 23.8 Å². The van der Waals surface area contributed by atoms with Crippen LogP contribution in [0.25, 0.3) is 0 Å². The minimum absolute atomic E-state index is 0.0246. The van der Waals surface area contributed by atoms with E-state index >= 15 is 0 Å². The summed E-state index contributed by atoms with van der Waals surface area (Å²) in [4.78, 5) is 0. The summed E-state index contributed by atoms with van der Waals surface area (Å²) in [7, 11) is 0. The first-order chi connectivity index (χ1) is 8.24. The second kappa shape index (κ2) is 5.36. The molecule has 0 aromatic heterocycles. The minimum atomic E-state index is -0.0246. The Morgan fingerprint density at radius 3 is 2.94 bits per heavy atom. The fraction of sp³-hybridized carbons (Fsp3) is 0.733. The first-order valence-corrected chi connectivity index (χ1v) is 7.01. The van der Waals surface area contributed by atoms with Crippen molar-refractivity contribution in [3.8, 4) is 0 Å². The number of ether oxygens (including phenoxy) is 1. The number of hydrogen-bond donors (Lipinski definition) is 1. The molecule has 3 atom stereocenters. The SMILES string of the molecule is CCCCC(NCCC)C12C=CC=C(C)C1O2. The van der Waals surface area contributed by atoms with E-state index < -0.39 is 0 Å². The number of nitrogens with one attached hydrogen (secondary N) is 1. The Labute approximate surface area is 105 Å².